The molecule has 5 rings (SSSR count). The number of ether oxygens (including phenoxy) is 2. The van der Waals surface area contributed by atoms with Crippen LogP contribution in [0.25, 0.3) is 21.3 Å². The van der Waals surface area contributed by atoms with Gasteiger partial charge in [-0.2, -0.15) is 0 Å². The molecule has 1 atom stereocenters. The number of amides is 1. The molecule has 2 aromatic carbocycles. The second-order valence-corrected chi connectivity index (χ2v) is 9.23. The predicted molar refractivity (Wildman–Crippen MR) is 133 cm³/mol. The number of hydrogen-bond donors (Lipinski definition) is 0. The van der Waals surface area contributed by atoms with Crippen LogP contribution in [-0.2, 0) is 11.3 Å². The highest BCUT2D eigenvalue weighted by molar-refractivity contribution is 7.17. The SMILES string of the molecule is COc1ccc(OC)c([C@H]2CCCN2C(=O)Cn2cnc3scc(-c4ccc(F)cc4)c3c2=O)c1. The molecule has 0 aliphatic carbocycles. The van der Waals surface area contributed by atoms with Crippen molar-refractivity contribution >= 4 is 27.5 Å². The summed E-state index contributed by atoms with van der Waals surface area (Å²) in [6.45, 7) is 0.469. The van der Waals surface area contributed by atoms with Crippen LogP contribution < -0.4 is 15.0 Å². The lowest BCUT2D eigenvalue weighted by molar-refractivity contribution is -0.132. The molecule has 0 spiro atoms. The quantitative estimate of drug-likeness (QED) is 0.391. The van der Waals surface area contributed by atoms with Crippen molar-refractivity contribution in [3.05, 3.63) is 75.9 Å². The molecule has 0 unspecified atom stereocenters. The van der Waals surface area contributed by atoms with Crippen LogP contribution in [0.2, 0.25) is 0 Å². The monoisotopic (exact) mass is 493 g/mol. The molecule has 0 N–H and O–H groups in total. The maximum Gasteiger partial charge on any atom is 0.263 e. The van der Waals surface area contributed by atoms with Crippen LogP contribution in [0.1, 0.15) is 24.4 Å². The van der Waals surface area contributed by atoms with Crippen molar-refractivity contribution < 1.29 is 18.7 Å². The smallest absolute Gasteiger partial charge is 0.263 e. The number of carbonyl (C=O) groups is 1. The molecule has 1 saturated heterocycles. The standard InChI is InChI=1S/C26H24FN3O4S/c1-33-18-9-10-22(34-2)19(12-18)21-4-3-11-30(21)23(31)13-29-15-28-25-24(26(29)32)20(14-35-25)16-5-7-17(27)8-6-16/h5-10,12,14-15,21H,3-4,11,13H2,1-2H3/t21-/m1/s1. The fraction of sp³-hybridized carbons (Fsp3) is 0.269. The number of carbonyl (C=O) groups excluding carboxylic acids is 1. The number of aromatic nitrogens is 2. The average Bonchev–Trinajstić information content (AvgIpc) is 3.54. The highest BCUT2D eigenvalue weighted by Crippen LogP contribution is 2.39. The lowest BCUT2D eigenvalue weighted by Crippen LogP contribution is -2.36. The molecule has 0 radical (unpaired) electrons. The van der Waals surface area contributed by atoms with Crippen LogP contribution >= 0.6 is 11.3 Å². The summed E-state index contributed by atoms with van der Waals surface area (Å²) in [7, 11) is 3.20. The van der Waals surface area contributed by atoms with Gasteiger partial charge in [0.25, 0.3) is 5.56 Å². The van der Waals surface area contributed by atoms with Gasteiger partial charge in [-0.3, -0.25) is 14.2 Å². The van der Waals surface area contributed by atoms with Crippen molar-refractivity contribution in [1.82, 2.24) is 14.5 Å². The van der Waals surface area contributed by atoms with E-state index in [1.54, 1.807) is 31.3 Å². The fourth-order valence-corrected chi connectivity index (χ4v) is 5.55. The largest absolute Gasteiger partial charge is 0.497 e. The van der Waals surface area contributed by atoms with Crippen molar-refractivity contribution in [2.24, 2.45) is 0 Å². The second kappa shape index (κ2) is 9.50. The number of benzene rings is 2. The fourth-order valence-electron chi connectivity index (χ4n) is 4.65. The van der Waals surface area contributed by atoms with Crippen molar-refractivity contribution in [2.75, 3.05) is 20.8 Å². The summed E-state index contributed by atoms with van der Waals surface area (Å²) < 4.78 is 25.7. The molecule has 0 bridgehead atoms. The van der Waals surface area contributed by atoms with Crippen molar-refractivity contribution in [2.45, 2.75) is 25.4 Å². The van der Waals surface area contributed by atoms with E-state index in [0.717, 1.165) is 24.0 Å². The van der Waals surface area contributed by atoms with Gasteiger partial charge in [0.1, 0.15) is 28.7 Å². The summed E-state index contributed by atoms with van der Waals surface area (Å²) in [6.07, 6.45) is 3.06. The summed E-state index contributed by atoms with van der Waals surface area (Å²) in [4.78, 5) is 33.6. The molecule has 35 heavy (non-hydrogen) atoms. The van der Waals surface area contributed by atoms with E-state index in [0.29, 0.717) is 33.8 Å². The van der Waals surface area contributed by atoms with Gasteiger partial charge < -0.3 is 14.4 Å². The van der Waals surface area contributed by atoms with Crippen LogP contribution in [-0.4, -0.2) is 41.1 Å². The first-order valence-corrected chi connectivity index (χ1v) is 12.1. The van der Waals surface area contributed by atoms with Gasteiger partial charge in [-0.25, -0.2) is 9.37 Å². The topological polar surface area (TPSA) is 73.7 Å². The molecule has 2 aromatic heterocycles. The van der Waals surface area contributed by atoms with Crippen LogP contribution in [0.15, 0.2) is 59.0 Å². The van der Waals surface area contributed by atoms with Gasteiger partial charge in [-0.15, -0.1) is 11.3 Å². The minimum Gasteiger partial charge on any atom is -0.497 e. The molecule has 4 aromatic rings. The Kier molecular flexibility index (Phi) is 6.25. The summed E-state index contributed by atoms with van der Waals surface area (Å²) in [5, 5.41) is 2.27. The molecule has 1 fully saturated rings. The Morgan fingerprint density at radius 2 is 1.97 bits per heavy atom. The van der Waals surface area contributed by atoms with Crippen molar-refractivity contribution in [3.63, 3.8) is 0 Å². The molecule has 180 valence electrons. The van der Waals surface area contributed by atoms with E-state index in [1.807, 2.05) is 23.6 Å². The molecule has 9 heteroatoms. The zero-order valence-corrected chi connectivity index (χ0v) is 20.2. The molecule has 1 aliphatic rings. The van der Waals surface area contributed by atoms with E-state index < -0.39 is 0 Å². The van der Waals surface area contributed by atoms with Gasteiger partial charge >= 0.3 is 0 Å². The molecule has 3 heterocycles. The number of hydrogen-bond acceptors (Lipinski definition) is 6. The summed E-state index contributed by atoms with van der Waals surface area (Å²) >= 11 is 1.35. The number of halogens is 1. The zero-order valence-electron chi connectivity index (χ0n) is 19.4. The maximum atomic E-state index is 13.4. The van der Waals surface area contributed by atoms with E-state index in [1.165, 1.54) is 34.4 Å². The van der Waals surface area contributed by atoms with Gasteiger partial charge in [0.2, 0.25) is 5.91 Å². The third kappa shape index (κ3) is 4.27. The third-order valence-electron chi connectivity index (χ3n) is 6.39. The van der Waals surface area contributed by atoms with E-state index in [4.69, 9.17) is 9.47 Å². The van der Waals surface area contributed by atoms with Crippen molar-refractivity contribution in [3.8, 4) is 22.6 Å². The first-order valence-electron chi connectivity index (χ1n) is 11.2. The molecule has 7 nitrogen and oxygen atoms in total. The van der Waals surface area contributed by atoms with Gasteiger partial charge in [0.15, 0.2) is 0 Å². The number of methoxy groups -OCH3 is 2. The molecular formula is C26H24FN3O4S. The number of likely N-dealkylation sites (tertiary alicyclic amines) is 1. The minimum atomic E-state index is -0.345. The Morgan fingerprint density at radius 1 is 1.17 bits per heavy atom. The lowest BCUT2D eigenvalue weighted by Gasteiger charge is -2.27. The highest BCUT2D eigenvalue weighted by Gasteiger charge is 2.32. The minimum absolute atomic E-state index is 0.122. The Hall–Kier alpha value is -3.72. The lowest BCUT2D eigenvalue weighted by atomic mass is 10.0. The average molecular weight is 494 g/mol. The van der Waals surface area contributed by atoms with Gasteiger partial charge in [-0.05, 0) is 48.7 Å². The maximum absolute atomic E-state index is 13.4. The summed E-state index contributed by atoms with van der Waals surface area (Å²) in [5.74, 6) is 0.871. The van der Waals surface area contributed by atoms with Crippen LogP contribution in [0.3, 0.4) is 0 Å². The third-order valence-corrected chi connectivity index (χ3v) is 7.28. The number of fused-ring (bicyclic) bond motifs is 1. The summed E-state index contributed by atoms with van der Waals surface area (Å²) in [5.41, 5.74) is 2.00. The van der Waals surface area contributed by atoms with E-state index in [-0.39, 0.29) is 29.9 Å². The van der Waals surface area contributed by atoms with Gasteiger partial charge in [0, 0.05) is 23.1 Å². The molecule has 1 amide bonds. The molecule has 0 saturated carbocycles. The normalized spacial score (nSPS) is 15.5. The first kappa shape index (κ1) is 23.0. The van der Waals surface area contributed by atoms with E-state index in [9.17, 15) is 14.0 Å². The van der Waals surface area contributed by atoms with Crippen LogP contribution in [0, 0.1) is 5.82 Å². The Labute approximate surface area is 205 Å². The Morgan fingerprint density at radius 3 is 2.71 bits per heavy atom. The highest BCUT2D eigenvalue weighted by atomic mass is 32.1. The van der Waals surface area contributed by atoms with E-state index in [2.05, 4.69) is 4.98 Å². The number of thiophene rings is 1. The summed E-state index contributed by atoms with van der Waals surface area (Å²) in [6, 6.07) is 11.4. The Bertz CT molecular complexity index is 1450. The predicted octanol–water partition coefficient (Wildman–Crippen LogP) is 4.65. The molecule has 1 aliphatic heterocycles. The second-order valence-electron chi connectivity index (χ2n) is 8.37. The zero-order chi connectivity index (χ0) is 24.5. The van der Waals surface area contributed by atoms with Gasteiger partial charge in [-0.1, -0.05) is 12.1 Å². The Balaban J connectivity index is 1.46. The van der Waals surface area contributed by atoms with Crippen LogP contribution in [0.5, 0.6) is 11.5 Å². The number of nitrogens with zero attached hydrogens (tertiary/aromatic N) is 3. The molecular weight excluding hydrogens is 469 g/mol. The van der Waals surface area contributed by atoms with Gasteiger partial charge in [0.05, 0.1) is 32.0 Å². The first-order chi connectivity index (χ1) is 17.0. The number of rotatable bonds is 6. The van der Waals surface area contributed by atoms with Crippen LogP contribution in [0.4, 0.5) is 4.39 Å². The van der Waals surface area contributed by atoms with Crippen molar-refractivity contribution in [1.29, 1.82) is 0 Å². The van der Waals surface area contributed by atoms with E-state index >= 15 is 0 Å².